The fourth-order valence-electron chi connectivity index (χ4n) is 1.76. The van der Waals surface area contributed by atoms with Gasteiger partial charge < -0.3 is 9.84 Å². The van der Waals surface area contributed by atoms with Crippen LogP contribution in [0, 0.1) is 0 Å². The maximum absolute atomic E-state index is 10.8. The number of nitrogens with zero attached hydrogens (tertiary/aromatic N) is 1. The van der Waals surface area contributed by atoms with Crippen LogP contribution in [0.5, 0.6) is 0 Å². The molecule has 0 radical (unpaired) electrons. The Labute approximate surface area is 84.2 Å². The molecule has 0 aromatic rings. The number of carboxylic acids is 1. The van der Waals surface area contributed by atoms with E-state index in [1.807, 2.05) is 6.92 Å². The summed E-state index contributed by atoms with van der Waals surface area (Å²) in [6, 6.07) is -0.0450. The Morgan fingerprint density at radius 3 is 2.57 bits per heavy atom. The van der Waals surface area contributed by atoms with Gasteiger partial charge in [-0.15, -0.1) is 0 Å². The molecule has 4 heteroatoms. The van der Waals surface area contributed by atoms with Crippen LogP contribution >= 0.6 is 0 Å². The first-order valence-electron chi connectivity index (χ1n) is 4.90. The van der Waals surface area contributed by atoms with Gasteiger partial charge in [-0.2, -0.15) is 0 Å². The van der Waals surface area contributed by atoms with Gasteiger partial charge in [0.2, 0.25) is 0 Å². The van der Waals surface area contributed by atoms with Gasteiger partial charge >= 0.3 is 5.97 Å². The Hall–Kier alpha value is -0.870. The van der Waals surface area contributed by atoms with E-state index in [1.165, 1.54) is 0 Å². The smallest absolute Gasteiger partial charge is 0.332 e. The third kappa shape index (κ3) is 2.56. The molecule has 1 aliphatic rings. The SMILES string of the molecule is C=C(C(=O)O)C(CC)N1CCOCC1. The van der Waals surface area contributed by atoms with Crippen LogP contribution in [0.2, 0.25) is 0 Å². The standard InChI is InChI=1S/C10H17NO3/c1-3-9(8(2)10(12)13)11-4-6-14-7-5-11/h9H,2-7H2,1H3,(H,12,13). The molecule has 1 unspecified atom stereocenters. The van der Waals surface area contributed by atoms with E-state index in [0.29, 0.717) is 13.2 Å². The van der Waals surface area contributed by atoms with Gasteiger partial charge in [-0.05, 0) is 6.42 Å². The first-order chi connectivity index (χ1) is 6.66. The molecule has 0 aromatic heterocycles. The summed E-state index contributed by atoms with van der Waals surface area (Å²) >= 11 is 0. The van der Waals surface area contributed by atoms with Gasteiger partial charge in [-0.1, -0.05) is 13.5 Å². The monoisotopic (exact) mass is 199 g/mol. The first-order valence-corrected chi connectivity index (χ1v) is 4.90. The predicted molar refractivity (Wildman–Crippen MR) is 53.2 cm³/mol. The normalized spacial score (nSPS) is 20.4. The summed E-state index contributed by atoms with van der Waals surface area (Å²) in [5.74, 6) is -0.900. The summed E-state index contributed by atoms with van der Waals surface area (Å²) in [7, 11) is 0. The second-order valence-corrected chi connectivity index (χ2v) is 3.40. The minimum Gasteiger partial charge on any atom is -0.478 e. The van der Waals surface area contributed by atoms with Crippen molar-refractivity contribution in [2.75, 3.05) is 26.3 Å². The lowest BCUT2D eigenvalue weighted by atomic mass is 10.0. The van der Waals surface area contributed by atoms with Crippen LogP contribution < -0.4 is 0 Å². The van der Waals surface area contributed by atoms with Gasteiger partial charge in [-0.3, -0.25) is 4.90 Å². The van der Waals surface area contributed by atoms with E-state index in [0.717, 1.165) is 19.5 Å². The highest BCUT2D eigenvalue weighted by Crippen LogP contribution is 2.14. The van der Waals surface area contributed by atoms with Gasteiger partial charge in [0.1, 0.15) is 0 Å². The predicted octanol–water partition coefficient (Wildman–Crippen LogP) is 0.738. The van der Waals surface area contributed by atoms with Crippen LogP contribution in [0.25, 0.3) is 0 Å². The van der Waals surface area contributed by atoms with Gasteiger partial charge in [-0.25, -0.2) is 4.79 Å². The molecule has 1 atom stereocenters. The minimum absolute atomic E-state index is 0.0450. The zero-order valence-electron chi connectivity index (χ0n) is 8.53. The molecule has 4 nitrogen and oxygen atoms in total. The van der Waals surface area contributed by atoms with Crippen molar-refractivity contribution in [1.29, 1.82) is 0 Å². The molecule has 1 saturated heterocycles. The topological polar surface area (TPSA) is 49.8 Å². The number of hydrogen-bond acceptors (Lipinski definition) is 3. The number of rotatable bonds is 4. The van der Waals surface area contributed by atoms with Gasteiger partial charge in [0.25, 0.3) is 0 Å². The number of carbonyl (C=O) groups is 1. The lowest BCUT2D eigenvalue weighted by Gasteiger charge is -2.33. The largest absolute Gasteiger partial charge is 0.478 e. The number of aliphatic carboxylic acids is 1. The molecule has 0 saturated carbocycles. The summed E-state index contributed by atoms with van der Waals surface area (Å²) in [6.45, 7) is 8.56. The Balaban J connectivity index is 2.59. The average Bonchev–Trinajstić information content (AvgIpc) is 2.20. The highest BCUT2D eigenvalue weighted by molar-refractivity contribution is 5.87. The van der Waals surface area contributed by atoms with Gasteiger partial charge in [0.15, 0.2) is 0 Å². The maximum Gasteiger partial charge on any atom is 0.332 e. The molecular weight excluding hydrogens is 182 g/mol. The van der Waals surface area contributed by atoms with Gasteiger partial charge in [0.05, 0.1) is 13.2 Å². The molecule has 1 aliphatic heterocycles. The Morgan fingerprint density at radius 2 is 2.14 bits per heavy atom. The molecule has 0 aliphatic carbocycles. The quantitative estimate of drug-likeness (QED) is 0.678. The van der Waals surface area contributed by atoms with Crippen LogP contribution in [0.4, 0.5) is 0 Å². The van der Waals surface area contributed by atoms with Crippen LogP contribution in [0.3, 0.4) is 0 Å². The van der Waals surface area contributed by atoms with Crippen LogP contribution in [0.15, 0.2) is 12.2 Å². The average molecular weight is 199 g/mol. The van der Waals surface area contributed by atoms with Crippen molar-refractivity contribution in [2.24, 2.45) is 0 Å². The van der Waals surface area contributed by atoms with Crippen LogP contribution in [-0.2, 0) is 9.53 Å². The lowest BCUT2D eigenvalue weighted by Crippen LogP contribution is -2.45. The first kappa shape index (κ1) is 11.2. The zero-order chi connectivity index (χ0) is 10.6. The maximum atomic E-state index is 10.8. The summed E-state index contributed by atoms with van der Waals surface area (Å²) in [4.78, 5) is 12.9. The number of morpholine rings is 1. The molecule has 14 heavy (non-hydrogen) atoms. The van der Waals surface area contributed by atoms with Crippen molar-refractivity contribution < 1.29 is 14.6 Å². The molecule has 1 heterocycles. The third-order valence-corrected chi connectivity index (χ3v) is 2.55. The van der Waals surface area contributed by atoms with E-state index in [2.05, 4.69) is 11.5 Å². The van der Waals surface area contributed by atoms with Crippen LogP contribution in [-0.4, -0.2) is 48.3 Å². The summed E-state index contributed by atoms with van der Waals surface area (Å²) in [5.41, 5.74) is 0.286. The van der Waals surface area contributed by atoms with E-state index in [4.69, 9.17) is 9.84 Å². The van der Waals surface area contributed by atoms with Crippen molar-refractivity contribution in [3.63, 3.8) is 0 Å². The molecule has 80 valence electrons. The molecule has 0 bridgehead atoms. The minimum atomic E-state index is -0.900. The Bertz CT molecular complexity index is 221. The van der Waals surface area contributed by atoms with Crippen molar-refractivity contribution >= 4 is 5.97 Å². The Morgan fingerprint density at radius 1 is 1.57 bits per heavy atom. The van der Waals surface area contributed by atoms with Crippen molar-refractivity contribution in [3.05, 3.63) is 12.2 Å². The molecule has 0 spiro atoms. The molecule has 0 aromatic carbocycles. The zero-order valence-corrected chi connectivity index (χ0v) is 8.53. The number of hydrogen-bond donors (Lipinski definition) is 1. The fraction of sp³-hybridized carbons (Fsp3) is 0.700. The number of ether oxygens (including phenoxy) is 1. The third-order valence-electron chi connectivity index (χ3n) is 2.55. The summed E-state index contributed by atoms with van der Waals surface area (Å²) < 4.78 is 5.22. The molecule has 1 rings (SSSR count). The van der Waals surface area contributed by atoms with Crippen molar-refractivity contribution in [2.45, 2.75) is 19.4 Å². The van der Waals surface area contributed by atoms with E-state index in [9.17, 15) is 4.79 Å². The second-order valence-electron chi connectivity index (χ2n) is 3.40. The number of carboxylic acid groups (broad SMARTS) is 1. The highest BCUT2D eigenvalue weighted by Gasteiger charge is 2.24. The fourth-order valence-corrected chi connectivity index (χ4v) is 1.76. The highest BCUT2D eigenvalue weighted by atomic mass is 16.5. The molecule has 1 fully saturated rings. The van der Waals surface area contributed by atoms with Crippen molar-refractivity contribution in [3.8, 4) is 0 Å². The van der Waals surface area contributed by atoms with E-state index < -0.39 is 5.97 Å². The summed E-state index contributed by atoms with van der Waals surface area (Å²) in [5, 5.41) is 8.86. The summed E-state index contributed by atoms with van der Waals surface area (Å²) in [6.07, 6.45) is 0.783. The second kappa shape index (κ2) is 5.12. The van der Waals surface area contributed by atoms with Crippen LogP contribution in [0.1, 0.15) is 13.3 Å². The van der Waals surface area contributed by atoms with E-state index >= 15 is 0 Å². The Kier molecular flexibility index (Phi) is 4.10. The van der Waals surface area contributed by atoms with E-state index in [-0.39, 0.29) is 11.6 Å². The molecular formula is C10H17NO3. The van der Waals surface area contributed by atoms with Gasteiger partial charge in [0, 0.05) is 24.7 Å². The molecule has 0 amide bonds. The lowest BCUT2D eigenvalue weighted by molar-refractivity contribution is -0.133. The van der Waals surface area contributed by atoms with Crippen molar-refractivity contribution in [1.82, 2.24) is 4.90 Å². The van der Waals surface area contributed by atoms with E-state index in [1.54, 1.807) is 0 Å². The molecule has 1 N–H and O–H groups in total.